The van der Waals surface area contributed by atoms with E-state index in [0.29, 0.717) is 30.9 Å². The van der Waals surface area contributed by atoms with Gasteiger partial charge >= 0.3 is 5.97 Å². The van der Waals surface area contributed by atoms with Crippen LogP contribution in [0.3, 0.4) is 0 Å². The molecule has 172 valence electrons. The van der Waals surface area contributed by atoms with Crippen LogP contribution in [0.1, 0.15) is 64.0 Å². The van der Waals surface area contributed by atoms with E-state index in [9.17, 15) is 18.3 Å². The van der Waals surface area contributed by atoms with Gasteiger partial charge in [0.05, 0.1) is 43.1 Å². The lowest BCUT2D eigenvalue weighted by Gasteiger charge is -2.24. The minimum absolute atomic E-state index is 0.0433. The zero-order valence-electron chi connectivity index (χ0n) is 18.0. The zero-order chi connectivity index (χ0) is 22.4. The molecule has 9 heteroatoms. The van der Waals surface area contributed by atoms with E-state index >= 15 is 0 Å². The van der Waals surface area contributed by atoms with Crippen molar-refractivity contribution in [2.24, 2.45) is 0 Å². The number of aliphatic hydroxyl groups is 1. The van der Waals surface area contributed by atoms with Crippen LogP contribution in [-0.2, 0) is 19.6 Å². The zero-order valence-corrected chi connectivity index (χ0v) is 19.6. The van der Waals surface area contributed by atoms with E-state index in [1.165, 1.54) is 16.1 Å². The third kappa shape index (κ3) is 10.1. The van der Waals surface area contributed by atoms with Crippen molar-refractivity contribution in [3.8, 4) is 0 Å². The van der Waals surface area contributed by atoms with Crippen LogP contribution in [0.4, 0.5) is 5.69 Å². The summed E-state index contributed by atoms with van der Waals surface area (Å²) in [5.74, 6) is -0.0302. The van der Waals surface area contributed by atoms with Crippen LogP contribution in [-0.4, -0.2) is 55.2 Å². The molecule has 30 heavy (non-hydrogen) atoms. The topological polar surface area (TPSA) is 104 Å². The molecule has 1 aromatic carbocycles. The number of carboxylic acid groups (broad SMARTS) is 1. The van der Waals surface area contributed by atoms with Crippen molar-refractivity contribution in [3.63, 3.8) is 0 Å². The molecule has 0 saturated heterocycles. The average molecular weight is 462 g/mol. The molecule has 7 nitrogen and oxygen atoms in total. The van der Waals surface area contributed by atoms with Crippen molar-refractivity contribution in [3.05, 3.63) is 29.8 Å². The van der Waals surface area contributed by atoms with E-state index < -0.39 is 22.1 Å². The predicted octanol–water partition coefficient (Wildman–Crippen LogP) is 4.03. The summed E-state index contributed by atoms with van der Waals surface area (Å²) >= 11 is 1.42. The molecule has 1 aromatic rings. The Morgan fingerprint density at radius 2 is 1.83 bits per heavy atom. The maximum Gasteiger partial charge on any atom is 0.305 e. The van der Waals surface area contributed by atoms with Crippen LogP contribution < -0.4 is 4.31 Å². The number of hydrogen-bond acceptors (Lipinski definition) is 6. The first-order valence-corrected chi connectivity index (χ1v) is 13.2. The van der Waals surface area contributed by atoms with Crippen LogP contribution in [0, 0.1) is 0 Å². The largest absolute Gasteiger partial charge is 0.481 e. The van der Waals surface area contributed by atoms with E-state index in [2.05, 4.69) is 6.92 Å². The van der Waals surface area contributed by atoms with Crippen LogP contribution in [0.25, 0.3) is 0 Å². The molecule has 0 fully saturated rings. The molecule has 2 N–H and O–H groups in total. The number of anilines is 1. The van der Waals surface area contributed by atoms with Gasteiger partial charge in [-0.05, 0) is 30.5 Å². The Balaban J connectivity index is 2.70. The number of unbranched alkanes of at least 4 members (excludes halogenated alkanes) is 2. The third-order valence-electron chi connectivity index (χ3n) is 4.49. The Hall–Kier alpha value is -1.29. The minimum Gasteiger partial charge on any atom is -0.481 e. The number of ether oxygens (including phenoxy) is 1. The Labute approximate surface area is 184 Å². The Morgan fingerprint density at radius 3 is 2.43 bits per heavy atom. The first-order valence-electron chi connectivity index (χ1n) is 10.5. The van der Waals surface area contributed by atoms with Gasteiger partial charge in [0.15, 0.2) is 0 Å². The van der Waals surface area contributed by atoms with Crippen molar-refractivity contribution < 1.29 is 28.2 Å². The van der Waals surface area contributed by atoms with Gasteiger partial charge in [-0.2, -0.15) is 0 Å². The second-order valence-electron chi connectivity index (χ2n) is 7.06. The van der Waals surface area contributed by atoms with Gasteiger partial charge in [-0.15, -0.1) is 11.8 Å². The lowest BCUT2D eigenvalue weighted by atomic mass is 10.0. The molecule has 0 aliphatic heterocycles. The third-order valence-corrected chi connectivity index (χ3v) is 7.48. The van der Waals surface area contributed by atoms with E-state index in [1.807, 2.05) is 6.92 Å². The lowest BCUT2D eigenvalue weighted by Crippen LogP contribution is -2.33. The molecule has 0 bridgehead atoms. The quantitative estimate of drug-likeness (QED) is 0.267. The Morgan fingerprint density at radius 1 is 1.13 bits per heavy atom. The van der Waals surface area contributed by atoms with Crippen molar-refractivity contribution in [2.45, 2.75) is 58.5 Å². The molecule has 1 atom stereocenters. The number of sulfonamides is 1. The number of benzene rings is 1. The SMILES string of the molecule is CCCCCC(O)c1ccc(N(CSCCOCCC(=O)O)S(=O)(=O)CCC)cc1. The number of nitrogens with zero attached hydrogens (tertiary/aromatic N) is 1. The maximum absolute atomic E-state index is 12.7. The minimum atomic E-state index is -3.45. The first-order chi connectivity index (χ1) is 14.3. The summed E-state index contributed by atoms with van der Waals surface area (Å²) in [4.78, 5) is 10.5. The fourth-order valence-electron chi connectivity index (χ4n) is 2.83. The highest BCUT2D eigenvalue weighted by molar-refractivity contribution is 8.01. The summed E-state index contributed by atoms with van der Waals surface area (Å²) in [6.45, 7) is 4.46. The van der Waals surface area contributed by atoms with Crippen LogP contribution >= 0.6 is 11.8 Å². The summed E-state index contributed by atoms with van der Waals surface area (Å²) < 4.78 is 32.1. The van der Waals surface area contributed by atoms with Gasteiger partial charge in [-0.3, -0.25) is 9.10 Å². The number of carbonyl (C=O) groups is 1. The molecule has 0 spiro atoms. The van der Waals surface area contributed by atoms with Crippen LogP contribution in [0.15, 0.2) is 24.3 Å². The van der Waals surface area contributed by atoms with Gasteiger partial charge in [0.1, 0.15) is 0 Å². The second kappa shape index (κ2) is 14.7. The van der Waals surface area contributed by atoms with Gasteiger partial charge in [-0.25, -0.2) is 8.42 Å². The number of carboxylic acids is 1. The fourth-order valence-corrected chi connectivity index (χ4v) is 5.55. The highest BCUT2D eigenvalue weighted by atomic mass is 32.2. The van der Waals surface area contributed by atoms with Crippen molar-refractivity contribution in [2.75, 3.05) is 34.9 Å². The van der Waals surface area contributed by atoms with Crippen LogP contribution in [0.5, 0.6) is 0 Å². The summed E-state index contributed by atoms with van der Waals surface area (Å²) in [5.41, 5.74) is 1.37. The Bertz CT molecular complexity index is 709. The molecule has 0 aliphatic rings. The standard InChI is InChI=1S/C21H35NO6S2/c1-3-5-6-7-20(23)18-8-10-19(11-9-18)22(30(26,27)16-4-2)17-29-15-14-28-13-12-21(24)25/h8-11,20,23H,3-7,12-17H2,1-2H3,(H,24,25). The number of rotatable bonds is 17. The normalized spacial score (nSPS) is 12.6. The number of aliphatic carboxylic acids is 1. The summed E-state index contributed by atoms with van der Waals surface area (Å²) in [5, 5.41) is 18.9. The van der Waals surface area contributed by atoms with Crippen molar-refractivity contribution in [1.29, 1.82) is 0 Å². The molecule has 0 aliphatic carbocycles. The highest BCUT2D eigenvalue weighted by Crippen LogP contribution is 2.26. The van der Waals surface area contributed by atoms with Gasteiger partial charge < -0.3 is 14.9 Å². The molecule has 0 amide bonds. The van der Waals surface area contributed by atoms with E-state index in [4.69, 9.17) is 9.84 Å². The highest BCUT2D eigenvalue weighted by Gasteiger charge is 2.22. The number of thioether (sulfide) groups is 1. The number of aliphatic hydroxyl groups excluding tert-OH is 1. The summed E-state index contributed by atoms with van der Waals surface area (Å²) in [6.07, 6.45) is 3.77. The van der Waals surface area contributed by atoms with E-state index in [-0.39, 0.29) is 24.7 Å². The van der Waals surface area contributed by atoms with Crippen LogP contribution in [0.2, 0.25) is 0 Å². The number of hydrogen-bond donors (Lipinski definition) is 2. The Kier molecular flexibility index (Phi) is 13.1. The molecular formula is C21H35NO6S2. The second-order valence-corrected chi connectivity index (χ2v) is 10.1. The molecule has 0 radical (unpaired) electrons. The first kappa shape index (κ1) is 26.7. The average Bonchev–Trinajstić information content (AvgIpc) is 2.70. The molecule has 1 rings (SSSR count). The van der Waals surface area contributed by atoms with E-state index in [1.54, 1.807) is 24.3 Å². The van der Waals surface area contributed by atoms with Crippen molar-refractivity contribution >= 4 is 33.4 Å². The molecule has 1 unspecified atom stereocenters. The smallest absolute Gasteiger partial charge is 0.305 e. The predicted molar refractivity (Wildman–Crippen MR) is 122 cm³/mol. The van der Waals surface area contributed by atoms with Crippen molar-refractivity contribution in [1.82, 2.24) is 0 Å². The monoisotopic (exact) mass is 461 g/mol. The van der Waals surface area contributed by atoms with Gasteiger partial charge in [0.25, 0.3) is 0 Å². The summed E-state index contributed by atoms with van der Waals surface area (Å²) in [6, 6.07) is 7.07. The van der Waals surface area contributed by atoms with E-state index in [0.717, 1.165) is 24.8 Å². The fraction of sp³-hybridized carbons (Fsp3) is 0.667. The molecular weight excluding hydrogens is 426 g/mol. The van der Waals surface area contributed by atoms with Gasteiger partial charge in [0, 0.05) is 5.75 Å². The molecule has 0 heterocycles. The van der Waals surface area contributed by atoms with Gasteiger partial charge in [0.2, 0.25) is 10.0 Å². The lowest BCUT2D eigenvalue weighted by molar-refractivity contribution is -0.138. The van der Waals surface area contributed by atoms with Gasteiger partial charge in [-0.1, -0.05) is 45.2 Å². The summed E-state index contributed by atoms with van der Waals surface area (Å²) in [7, 11) is -3.45. The molecule has 0 saturated carbocycles. The maximum atomic E-state index is 12.7. The molecule has 0 aromatic heterocycles.